The molecule has 0 aliphatic heterocycles. The molecule has 2 aliphatic carbocycles. The number of fused-ring (bicyclic) bond motifs is 2. The van der Waals surface area contributed by atoms with Gasteiger partial charge in [-0.3, -0.25) is 0 Å². The lowest BCUT2D eigenvalue weighted by molar-refractivity contribution is 0.163. The number of nitrogens with one attached hydrogen (secondary N) is 1. The molecular formula is C14H25NO. The third-order valence-corrected chi connectivity index (χ3v) is 4.21. The van der Waals surface area contributed by atoms with Gasteiger partial charge in [0.2, 0.25) is 0 Å². The van der Waals surface area contributed by atoms with Crippen LogP contribution >= 0.6 is 0 Å². The molecule has 2 aliphatic rings. The van der Waals surface area contributed by atoms with Crippen LogP contribution in [0.1, 0.15) is 40.0 Å². The van der Waals surface area contributed by atoms with Gasteiger partial charge in [-0.15, -0.1) is 0 Å². The van der Waals surface area contributed by atoms with Gasteiger partial charge in [0.1, 0.15) is 0 Å². The Kier molecular flexibility index (Phi) is 3.70. The quantitative estimate of drug-likeness (QED) is 0.701. The minimum Gasteiger partial charge on any atom is -0.393 e. The summed E-state index contributed by atoms with van der Waals surface area (Å²) in [5.41, 5.74) is 0. The SMILES string of the molecule is CC(O)CC(C)NC(C)C1CC2C=CC1C2. The molecule has 2 rings (SSSR count). The highest BCUT2D eigenvalue weighted by Gasteiger charge is 2.38. The molecule has 1 saturated carbocycles. The molecule has 0 heterocycles. The molecule has 2 nitrogen and oxygen atoms in total. The van der Waals surface area contributed by atoms with Crippen molar-refractivity contribution in [2.24, 2.45) is 17.8 Å². The second-order valence-electron chi connectivity index (χ2n) is 5.89. The molecule has 0 amide bonds. The number of aliphatic hydroxyl groups excluding tert-OH is 1. The summed E-state index contributed by atoms with van der Waals surface area (Å²) in [6.07, 6.45) is 8.19. The minimum atomic E-state index is -0.199. The Morgan fingerprint density at radius 2 is 2.00 bits per heavy atom. The summed E-state index contributed by atoms with van der Waals surface area (Å²) in [6, 6.07) is 0.992. The van der Waals surface area contributed by atoms with Crippen LogP contribution in [0, 0.1) is 17.8 Å². The Balaban J connectivity index is 1.80. The van der Waals surface area contributed by atoms with Crippen LogP contribution in [0.3, 0.4) is 0 Å². The summed E-state index contributed by atoms with van der Waals surface area (Å²) in [4.78, 5) is 0. The van der Waals surface area contributed by atoms with Crippen molar-refractivity contribution in [1.82, 2.24) is 5.32 Å². The summed E-state index contributed by atoms with van der Waals surface area (Å²) in [5, 5.41) is 13.0. The molecule has 0 saturated heterocycles. The first kappa shape index (κ1) is 12.1. The van der Waals surface area contributed by atoms with Gasteiger partial charge in [-0.25, -0.2) is 0 Å². The Morgan fingerprint density at radius 3 is 2.50 bits per heavy atom. The smallest absolute Gasteiger partial charge is 0.0526 e. The van der Waals surface area contributed by atoms with Crippen molar-refractivity contribution in [1.29, 1.82) is 0 Å². The Hall–Kier alpha value is -0.340. The zero-order valence-electron chi connectivity index (χ0n) is 10.7. The first-order valence-electron chi connectivity index (χ1n) is 6.68. The fourth-order valence-corrected chi connectivity index (χ4v) is 3.55. The van der Waals surface area contributed by atoms with E-state index < -0.39 is 0 Å². The fraction of sp³-hybridized carbons (Fsp3) is 0.857. The number of hydrogen-bond donors (Lipinski definition) is 2. The molecule has 0 aromatic carbocycles. The molecule has 2 heteroatoms. The van der Waals surface area contributed by atoms with E-state index in [9.17, 15) is 5.11 Å². The lowest BCUT2D eigenvalue weighted by atomic mass is 9.87. The van der Waals surface area contributed by atoms with Gasteiger partial charge in [0, 0.05) is 12.1 Å². The molecule has 16 heavy (non-hydrogen) atoms. The first-order chi connectivity index (χ1) is 7.56. The van der Waals surface area contributed by atoms with Gasteiger partial charge in [0.05, 0.1) is 6.10 Å². The van der Waals surface area contributed by atoms with Gasteiger partial charge in [-0.1, -0.05) is 12.2 Å². The van der Waals surface area contributed by atoms with Crippen molar-refractivity contribution in [3.8, 4) is 0 Å². The van der Waals surface area contributed by atoms with E-state index in [2.05, 4.69) is 31.3 Å². The Labute approximate surface area is 99.1 Å². The predicted molar refractivity (Wildman–Crippen MR) is 67.2 cm³/mol. The van der Waals surface area contributed by atoms with Crippen molar-refractivity contribution >= 4 is 0 Å². The maximum atomic E-state index is 9.36. The van der Waals surface area contributed by atoms with E-state index in [-0.39, 0.29) is 6.10 Å². The maximum Gasteiger partial charge on any atom is 0.0526 e. The van der Waals surface area contributed by atoms with Crippen LogP contribution in [0.15, 0.2) is 12.2 Å². The highest BCUT2D eigenvalue weighted by molar-refractivity contribution is 5.11. The van der Waals surface area contributed by atoms with Gasteiger partial charge in [0.25, 0.3) is 0 Å². The Bertz CT molecular complexity index is 261. The van der Waals surface area contributed by atoms with E-state index in [1.54, 1.807) is 0 Å². The molecule has 2 bridgehead atoms. The van der Waals surface area contributed by atoms with Gasteiger partial charge < -0.3 is 10.4 Å². The standard InChI is InChI=1S/C14H25NO/c1-9(6-10(2)16)15-11(3)14-8-12-4-5-13(14)7-12/h4-5,9-16H,6-8H2,1-3H3. The molecule has 1 fully saturated rings. The summed E-state index contributed by atoms with van der Waals surface area (Å²) in [5.74, 6) is 2.48. The van der Waals surface area contributed by atoms with E-state index in [1.807, 2.05) is 6.92 Å². The lowest BCUT2D eigenvalue weighted by Gasteiger charge is -2.29. The zero-order chi connectivity index (χ0) is 11.7. The monoisotopic (exact) mass is 223 g/mol. The molecule has 92 valence electrons. The van der Waals surface area contributed by atoms with Gasteiger partial charge in [-0.05, 0) is 57.8 Å². The first-order valence-corrected chi connectivity index (χ1v) is 6.68. The summed E-state index contributed by atoms with van der Waals surface area (Å²) >= 11 is 0. The molecule has 0 spiro atoms. The van der Waals surface area contributed by atoms with Gasteiger partial charge in [0.15, 0.2) is 0 Å². The highest BCUT2D eigenvalue weighted by atomic mass is 16.3. The van der Waals surface area contributed by atoms with Crippen molar-refractivity contribution in [3.63, 3.8) is 0 Å². The molecule has 6 atom stereocenters. The molecule has 0 radical (unpaired) electrons. The predicted octanol–water partition coefficient (Wildman–Crippen LogP) is 2.34. The van der Waals surface area contributed by atoms with Gasteiger partial charge in [-0.2, -0.15) is 0 Å². The van der Waals surface area contributed by atoms with E-state index >= 15 is 0 Å². The second-order valence-corrected chi connectivity index (χ2v) is 5.89. The number of hydrogen-bond acceptors (Lipinski definition) is 2. The average Bonchev–Trinajstić information content (AvgIpc) is 2.76. The maximum absolute atomic E-state index is 9.36. The Morgan fingerprint density at radius 1 is 1.25 bits per heavy atom. The van der Waals surface area contributed by atoms with Crippen molar-refractivity contribution < 1.29 is 5.11 Å². The number of aliphatic hydroxyl groups is 1. The van der Waals surface area contributed by atoms with Crippen molar-refractivity contribution in [2.75, 3.05) is 0 Å². The van der Waals surface area contributed by atoms with E-state index in [0.29, 0.717) is 12.1 Å². The molecule has 0 aromatic rings. The van der Waals surface area contributed by atoms with Crippen LogP contribution < -0.4 is 5.32 Å². The van der Waals surface area contributed by atoms with Crippen LogP contribution in [0.2, 0.25) is 0 Å². The second kappa shape index (κ2) is 4.89. The lowest BCUT2D eigenvalue weighted by Crippen LogP contribution is -2.42. The van der Waals surface area contributed by atoms with E-state index in [1.165, 1.54) is 12.8 Å². The van der Waals surface area contributed by atoms with E-state index in [0.717, 1.165) is 24.2 Å². The summed E-state index contributed by atoms with van der Waals surface area (Å²) in [6.45, 7) is 6.34. The molecular weight excluding hydrogens is 198 g/mol. The highest BCUT2D eigenvalue weighted by Crippen LogP contribution is 2.44. The zero-order valence-corrected chi connectivity index (χ0v) is 10.7. The molecule has 2 N–H and O–H groups in total. The van der Waals surface area contributed by atoms with Crippen LogP contribution in [0.5, 0.6) is 0 Å². The van der Waals surface area contributed by atoms with Crippen LogP contribution in [0.4, 0.5) is 0 Å². The topological polar surface area (TPSA) is 32.3 Å². The normalized spacial score (nSPS) is 37.6. The van der Waals surface area contributed by atoms with Crippen LogP contribution in [-0.4, -0.2) is 23.3 Å². The fourth-order valence-electron chi connectivity index (χ4n) is 3.55. The van der Waals surface area contributed by atoms with Crippen molar-refractivity contribution in [3.05, 3.63) is 12.2 Å². The largest absolute Gasteiger partial charge is 0.393 e. The average molecular weight is 223 g/mol. The third-order valence-electron chi connectivity index (χ3n) is 4.21. The summed E-state index contributed by atoms with van der Waals surface area (Å²) in [7, 11) is 0. The van der Waals surface area contributed by atoms with Crippen LogP contribution in [0.25, 0.3) is 0 Å². The third kappa shape index (κ3) is 2.67. The molecule has 6 unspecified atom stereocenters. The van der Waals surface area contributed by atoms with Crippen LogP contribution in [-0.2, 0) is 0 Å². The molecule has 0 aromatic heterocycles. The van der Waals surface area contributed by atoms with E-state index in [4.69, 9.17) is 0 Å². The number of rotatable bonds is 5. The van der Waals surface area contributed by atoms with Gasteiger partial charge >= 0.3 is 0 Å². The van der Waals surface area contributed by atoms with Crippen molar-refractivity contribution in [2.45, 2.75) is 58.2 Å². The minimum absolute atomic E-state index is 0.199. The summed E-state index contributed by atoms with van der Waals surface area (Å²) < 4.78 is 0. The number of allylic oxidation sites excluding steroid dienone is 2.